The summed E-state index contributed by atoms with van der Waals surface area (Å²) in [5, 5.41) is 5.22. The Morgan fingerprint density at radius 2 is 2.13 bits per heavy atom. The van der Waals surface area contributed by atoms with Crippen LogP contribution in [-0.2, 0) is 11.2 Å². The first-order valence-corrected chi connectivity index (χ1v) is 11.3. The van der Waals surface area contributed by atoms with Crippen LogP contribution < -0.4 is 5.32 Å². The van der Waals surface area contributed by atoms with Gasteiger partial charge in [0.25, 0.3) is 5.91 Å². The lowest BCUT2D eigenvalue weighted by atomic mass is 9.70. The van der Waals surface area contributed by atoms with E-state index < -0.39 is 0 Å². The molecule has 2 aromatic heterocycles. The third-order valence-corrected chi connectivity index (χ3v) is 7.59. The van der Waals surface area contributed by atoms with Gasteiger partial charge in [-0.05, 0) is 30.4 Å². The predicted molar refractivity (Wildman–Crippen MR) is 112 cm³/mol. The molecule has 3 aliphatic rings. The van der Waals surface area contributed by atoms with E-state index in [4.69, 9.17) is 16.3 Å². The smallest absolute Gasteiger partial charge is 0.407 e. The number of imidazole rings is 1. The molecule has 1 unspecified atom stereocenters. The fourth-order valence-corrected chi connectivity index (χ4v) is 6.21. The second-order valence-electron chi connectivity index (χ2n) is 8.37. The summed E-state index contributed by atoms with van der Waals surface area (Å²) in [6.07, 6.45) is 3.79. The summed E-state index contributed by atoms with van der Waals surface area (Å²) >= 11 is 8.00. The number of ether oxygens (including phenoxy) is 1. The zero-order valence-corrected chi connectivity index (χ0v) is 17.6. The van der Waals surface area contributed by atoms with E-state index >= 15 is 0 Å². The van der Waals surface area contributed by atoms with Crippen molar-refractivity contribution in [3.05, 3.63) is 57.8 Å². The van der Waals surface area contributed by atoms with Gasteiger partial charge in [-0.3, -0.25) is 9.20 Å². The topological polar surface area (TPSA) is 75.9 Å². The molecule has 7 nitrogen and oxygen atoms in total. The Hall–Kier alpha value is -2.58. The molecule has 4 heterocycles. The molecule has 3 aromatic rings. The first-order chi connectivity index (χ1) is 14.5. The number of nitrogens with one attached hydrogen (secondary N) is 1. The van der Waals surface area contributed by atoms with Gasteiger partial charge in [0, 0.05) is 30.1 Å². The number of carbonyl (C=O) groups excluding carboxylic acids is 2. The summed E-state index contributed by atoms with van der Waals surface area (Å²) < 4.78 is 7.47. The Morgan fingerprint density at radius 1 is 1.30 bits per heavy atom. The summed E-state index contributed by atoms with van der Waals surface area (Å²) in [5.74, 6) is 0.362. The average Bonchev–Trinajstić information content (AvgIpc) is 3.43. The fraction of sp³-hybridized carbons (Fsp3) is 0.381. The Morgan fingerprint density at radius 3 is 2.93 bits per heavy atom. The van der Waals surface area contributed by atoms with Gasteiger partial charge in [-0.2, -0.15) is 0 Å². The van der Waals surface area contributed by atoms with Crippen LogP contribution in [0, 0.1) is 5.92 Å². The molecule has 1 saturated heterocycles. The third kappa shape index (κ3) is 2.66. The molecule has 154 valence electrons. The van der Waals surface area contributed by atoms with Crippen molar-refractivity contribution >= 4 is 39.9 Å². The molecular formula is C21H19ClN4O3S. The molecule has 1 aliphatic carbocycles. The minimum absolute atomic E-state index is 0.0558. The molecule has 0 radical (unpaired) electrons. The van der Waals surface area contributed by atoms with Crippen LogP contribution in [0.2, 0.25) is 5.15 Å². The second-order valence-corrected chi connectivity index (χ2v) is 9.60. The molecular weight excluding hydrogens is 424 g/mol. The number of benzene rings is 1. The van der Waals surface area contributed by atoms with Crippen LogP contribution in [0.1, 0.15) is 40.5 Å². The standard InChI is InChI=1S/C21H19ClN4O3S/c22-17-16(25-5-6-30-19(25)24-17)7-15-13-3-1-2-4-14(13)18(27)26(15)10-12-8-21(9-12)11-23-20(28)29-21/h1-6,12,15H,7-11H2,(H,23,28). The summed E-state index contributed by atoms with van der Waals surface area (Å²) in [5.41, 5.74) is 2.33. The van der Waals surface area contributed by atoms with Crippen molar-refractivity contribution < 1.29 is 14.3 Å². The van der Waals surface area contributed by atoms with Crippen LogP contribution in [0.5, 0.6) is 0 Å². The summed E-state index contributed by atoms with van der Waals surface area (Å²) in [6.45, 7) is 1.20. The maximum Gasteiger partial charge on any atom is 0.407 e. The Bertz CT molecular complexity index is 1180. The lowest BCUT2D eigenvalue weighted by Gasteiger charge is -2.44. The number of alkyl carbamates (subject to hydrolysis) is 1. The second kappa shape index (κ2) is 6.46. The maximum atomic E-state index is 13.2. The minimum atomic E-state index is -0.384. The highest BCUT2D eigenvalue weighted by Crippen LogP contribution is 2.46. The molecule has 2 fully saturated rings. The van der Waals surface area contributed by atoms with Gasteiger partial charge in [0.05, 0.1) is 18.3 Å². The van der Waals surface area contributed by atoms with Gasteiger partial charge in [0.1, 0.15) is 5.60 Å². The molecule has 1 N–H and O–H groups in total. The largest absolute Gasteiger partial charge is 0.441 e. The number of fused-ring (bicyclic) bond motifs is 2. The Labute approximate surface area is 181 Å². The predicted octanol–water partition coefficient (Wildman–Crippen LogP) is 3.68. The summed E-state index contributed by atoms with van der Waals surface area (Å²) in [4.78, 5) is 32.0. The van der Waals surface area contributed by atoms with Gasteiger partial charge in [-0.25, -0.2) is 9.78 Å². The van der Waals surface area contributed by atoms with E-state index in [1.54, 1.807) is 11.3 Å². The van der Waals surface area contributed by atoms with Crippen LogP contribution in [0.4, 0.5) is 4.79 Å². The van der Waals surface area contributed by atoms with Gasteiger partial charge in [-0.15, -0.1) is 11.3 Å². The van der Waals surface area contributed by atoms with Gasteiger partial charge in [0.2, 0.25) is 0 Å². The van der Waals surface area contributed by atoms with Crippen LogP contribution in [-0.4, -0.2) is 45.0 Å². The van der Waals surface area contributed by atoms with Crippen LogP contribution in [0.3, 0.4) is 0 Å². The number of rotatable bonds is 4. The monoisotopic (exact) mass is 442 g/mol. The first-order valence-electron chi connectivity index (χ1n) is 10.00. The van der Waals surface area contributed by atoms with E-state index in [1.807, 2.05) is 45.1 Å². The molecule has 2 aliphatic heterocycles. The number of hydrogen-bond donors (Lipinski definition) is 1. The summed E-state index contributed by atoms with van der Waals surface area (Å²) in [7, 11) is 0. The third-order valence-electron chi connectivity index (χ3n) is 6.53. The van der Waals surface area contributed by atoms with Crippen molar-refractivity contribution in [1.29, 1.82) is 0 Å². The van der Waals surface area contributed by atoms with E-state index in [9.17, 15) is 9.59 Å². The number of hydrogen-bond acceptors (Lipinski definition) is 5. The van der Waals surface area contributed by atoms with Gasteiger partial charge < -0.3 is 15.0 Å². The number of carbonyl (C=O) groups is 2. The Balaban J connectivity index is 1.29. The normalized spacial score (nSPS) is 27.4. The van der Waals surface area contributed by atoms with Gasteiger partial charge >= 0.3 is 6.09 Å². The molecule has 0 bridgehead atoms. The van der Waals surface area contributed by atoms with Crippen LogP contribution in [0.25, 0.3) is 4.96 Å². The van der Waals surface area contributed by atoms with E-state index in [2.05, 4.69) is 10.3 Å². The molecule has 1 spiro atoms. The summed E-state index contributed by atoms with van der Waals surface area (Å²) in [6, 6.07) is 7.72. The minimum Gasteiger partial charge on any atom is -0.441 e. The van der Waals surface area contributed by atoms with Crippen LogP contribution in [0.15, 0.2) is 35.8 Å². The van der Waals surface area contributed by atoms with Crippen molar-refractivity contribution in [2.24, 2.45) is 5.92 Å². The van der Waals surface area contributed by atoms with Crippen molar-refractivity contribution in [3.63, 3.8) is 0 Å². The van der Waals surface area contributed by atoms with Crippen molar-refractivity contribution in [2.45, 2.75) is 30.9 Å². The lowest BCUT2D eigenvalue weighted by Crippen LogP contribution is -2.51. The van der Waals surface area contributed by atoms with E-state index in [0.29, 0.717) is 30.6 Å². The van der Waals surface area contributed by atoms with E-state index in [0.717, 1.165) is 34.6 Å². The molecule has 9 heteroatoms. The van der Waals surface area contributed by atoms with E-state index in [1.165, 1.54) is 0 Å². The zero-order chi connectivity index (χ0) is 20.5. The molecule has 1 saturated carbocycles. The zero-order valence-electron chi connectivity index (χ0n) is 16.0. The highest BCUT2D eigenvalue weighted by molar-refractivity contribution is 7.15. The average molecular weight is 443 g/mol. The molecule has 2 amide bonds. The SMILES string of the molecule is O=C1NCC2(CC(CN3C(=O)c4ccccc4C3Cc3c(Cl)nc4sccn34)C2)O1. The quantitative estimate of drug-likeness (QED) is 0.668. The van der Waals surface area contributed by atoms with Crippen molar-refractivity contribution in [3.8, 4) is 0 Å². The lowest BCUT2D eigenvalue weighted by molar-refractivity contribution is -0.0555. The highest BCUT2D eigenvalue weighted by atomic mass is 35.5. The highest BCUT2D eigenvalue weighted by Gasteiger charge is 2.52. The number of thiazole rings is 1. The number of aromatic nitrogens is 2. The number of nitrogens with zero attached hydrogens (tertiary/aromatic N) is 3. The molecule has 6 rings (SSSR count). The Kier molecular flexibility index (Phi) is 3.92. The van der Waals surface area contributed by atoms with Gasteiger partial charge in [-0.1, -0.05) is 29.8 Å². The van der Waals surface area contributed by atoms with Crippen LogP contribution >= 0.6 is 22.9 Å². The molecule has 1 atom stereocenters. The van der Waals surface area contributed by atoms with Crippen molar-refractivity contribution in [1.82, 2.24) is 19.6 Å². The first kappa shape index (κ1) is 18.2. The number of halogens is 1. The maximum absolute atomic E-state index is 13.2. The molecule has 1 aromatic carbocycles. The van der Waals surface area contributed by atoms with Crippen molar-refractivity contribution in [2.75, 3.05) is 13.1 Å². The van der Waals surface area contributed by atoms with E-state index in [-0.39, 0.29) is 23.6 Å². The molecule has 30 heavy (non-hydrogen) atoms. The van der Waals surface area contributed by atoms with Gasteiger partial charge in [0.15, 0.2) is 10.1 Å². The fourth-order valence-electron chi connectivity index (χ4n) is 5.18. The number of amides is 2.